The van der Waals surface area contributed by atoms with Crippen molar-refractivity contribution in [1.82, 2.24) is 5.32 Å². The monoisotopic (exact) mass is 217 g/mol. The van der Waals surface area contributed by atoms with Gasteiger partial charge in [-0.05, 0) is 35.4 Å². The van der Waals surface area contributed by atoms with Gasteiger partial charge in [-0.3, -0.25) is 0 Å². The molecule has 0 amide bonds. The van der Waals surface area contributed by atoms with Gasteiger partial charge >= 0.3 is 0 Å². The highest BCUT2D eigenvalue weighted by Crippen LogP contribution is 2.36. The third-order valence-electron chi connectivity index (χ3n) is 3.47. The topological polar surface area (TPSA) is 12.0 Å². The summed E-state index contributed by atoms with van der Waals surface area (Å²) in [6, 6.07) is 9.38. The maximum atomic E-state index is 3.73. The van der Waals surface area contributed by atoms with Crippen molar-refractivity contribution in [2.24, 2.45) is 11.3 Å². The fourth-order valence-corrected chi connectivity index (χ4v) is 2.65. The summed E-state index contributed by atoms with van der Waals surface area (Å²) in [5.41, 5.74) is 3.31. The summed E-state index contributed by atoms with van der Waals surface area (Å²) in [7, 11) is 0. The van der Waals surface area contributed by atoms with Gasteiger partial charge in [0.05, 0.1) is 0 Å². The Morgan fingerprint density at radius 2 is 1.88 bits per heavy atom. The Morgan fingerprint density at radius 3 is 2.56 bits per heavy atom. The standard InChI is InChI=1S/C15H23N/c1-11-9-12-7-5-6-8-13(12)14(16-10-11)15(2,3)4/h5-8,11,14,16H,9-10H2,1-4H3. The molecule has 2 rings (SSSR count). The molecule has 0 fully saturated rings. The van der Waals surface area contributed by atoms with Crippen LogP contribution in [0.25, 0.3) is 0 Å². The summed E-state index contributed by atoms with van der Waals surface area (Å²) in [5, 5.41) is 3.73. The third kappa shape index (κ3) is 2.30. The van der Waals surface area contributed by atoms with E-state index in [-0.39, 0.29) is 5.41 Å². The van der Waals surface area contributed by atoms with Crippen molar-refractivity contribution in [3.05, 3.63) is 35.4 Å². The molecule has 0 saturated heterocycles. The van der Waals surface area contributed by atoms with Gasteiger partial charge in [-0.1, -0.05) is 52.0 Å². The lowest BCUT2D eigenvalue weighted by atomic mass is 9.81. The van der Waals surface area contributed by atoms with E-state index in [1.165, 1.54) is 17.5 Å². The van der Waals surface area contributed by atoms with Gasteiger partial charge < -0.3 is 5.32 Å². The second-order valence-corrected chi connectivity index (χ2v) is 6.22. The minimum atomic E-state index is 0.278. The molecule has 88 valence electrons. The molecule has 16 heavy (non-hydrogen) atoms. The van der Waals surface area contributed by atoms with Gasteiger partial charge in [0.25, 0.3) is 0 Å². The molecule has 0 radical (unpaired) electrons. The molecule has 0 bridgehead atoms. The first kappa shape index (κ1) is 11.7. The van der Waals surface area contributed by atoms with Crippen LogP contribution in [-0.4, -0.2) is 6.54 Å². The van der Waals surface area contributed by atoms with Crippen LogP contribution in [0.1, 0.15) is 44.9 Å². The second-order valence-electron chi connectivity index (χ2n) is 6.22. The van der Waals surface area contributed by atoms with Crippen LogP contribution in [0.15, 0.2) is 24.3 Å². The van der Waals surface area contributed by atoms with Gasteiger partial charge in [0.15, 0.2) is 0 Å². The summed E-state index contributed by atoms with van der Waals surface area (Å²) in [6.45, 7) is 10.4. The highest BCUT2D eigenvalue weighted by atomic mass is 14.9. The summed E-state index contributed by atoms with van der Waals surface area (Å²) in [6.07, 6.45) is 1.20. The summed E-state index contributed by atoms with van der Waals surface area (Å²) in [5.74, 6) is 0.730. The van der Waals surface area contributed by atoms with Crippen LogP contribution in [0.2, 0.25) is 0 Å². The van der Waals surface area contributed by atoms with E-state index >= 15 is 0 Å². The van der Waals surface area contributed by atoms with Gasteiger partial charge in [-0.15, -0.1) is 0 Å². The number of hydrogen-bond acceptors (Lipinski definition) is 1. The molecular formula is C15H23N. The minimum Gasteiger partial charge on any atom is -0.309 e. The third-order valence-corrected chi connectivity index (χ3v) is 3.47. The van der Waals surface area contributed by atoms with E-state index in [4.69, 9.17) is 0 Å². The molecule has 1 heteroatoms. The molecule has 1 aliphatic heterocycles. The lowest BCUT2D eigenvalue weighted by Crippen LogP contribution is -2.33. The lowest BCUT2D eigenvalue weighted by Gasteiger charge is -2.32. The molecule has 1 aromatic carbocycles. The maximum absolute atomic E-state index is 3.73. The Hall–Kier alpha value is -0.820. The zero-order valence-corrected chi connectivity index (χ0v) is 10.9. The number of benzene rings is 1. The van der Waals surface area contributed by atoms with Crippen molar-refractivity contribution in [2.45, 2.75) is 40.2 Å². The molecule has 1 nitrogen and oxygen atoms in total. The predicted molar refractivity (Wildman–Crippen MR) is 69.5 cm³/mol. The highest BCUT2D eigenvalue weighted by Gasteiger charge is 2.30. The Balaban J connectivity index is 2.43. The summed E-state index contributed by atoms with van der Waals surface area (Å²) >= 11 is 0. The second kappa shape index (κ2) is 4.21. The van der Waals surface area contributed by atoms with Crippen LogP contribution in [0.5, 0.6) is 0 Å². The predicted octanol–water partition coefficient (Wildman–Crippen LogP) is 3.56. The van der Waals surface area contributed by atoms with E-state index in [2.05, 4.69) is 57.3 Å². The van der Waals surface area contributed by atoms with E-state index in [1.807, 2.05) is 0 Å². The average molecular weight is 217 g/mol. The molecule has 0 aliphatic carbocycles. The van der Waals surface area contributed by atoms with Gasteiger partial charge in [-0.2, -0.15) is 0 Å². The fraction of sp³-hybridized carbons (Fsp3) is 0.600. The van der Waals surface area contributed by atoms with Gasteiger partial charge in [-0.25, -0.2) is 0 Å². The molecule has 1 aliphatic rings. The van der Waals surface area contributed by atoms with Crippen molar-refractivity contribution < 1.29 is 0 Å². The Kier molecular flexibility index (Phi) is 3.07. The minimum absolute atomic E-state index is 0.278. The fourth-order valence-electron chi connectivity index (χ4n) is 2.65. The smallest absolute Gasteiger partial charge is 0.0372 e. The van der Waals surface area contributed by atoms with Crippen molar-refractivity contribution in [1.29, 1.82) is 0 Å². The van der Waals surface area contributed by atoms with Crippen LogP contribution < -0.4 is 5.32 Å². The molecule has 0 aromatic heterocycles. The van der Waals surface area contributed by atoms with Crippen molar-refractivity contribution in [3.63, 3.8) is 0 Å². The SMILES string of the molecule is CC1CNC(C(C)(C)C)c2ccccc2C1. The summed E-state index contributed by atoms with van der Waals surface area (Å²) < 4.78 is 0. The molecule has 1 heterocycles. The van der Waals surface area contributed by atoms with E-state index in [1.54, 1.807) is 0 Å². The van der Waals surface area contributed by atoms with E-state index in [0.717, 1.165) is 12.5 Å². The number of fused-ring (bicyclic) bond motifs is 1. The highest BCUT2D eigenvalue weighted by molar-refractivity contribution is 5.32. The molecular weight excluding hydrogens is 194 g/mol. The largest absolute Gasteiger partial charge is 0.309 e. The van der Waals surface area contributed by atoms with Crippen molar-refractivity contribution in [3.8, 4) is 0 Å². The molecule has 1 aromatic rings. The Morgan fingerprint density at radius 1 is 1.19 bits per heavy atom. The molecule has 2 atom stereocenters. The number of rotatable bonds is 0. The number of hydrogen-bond donors (Lipinski definition) is 1. The molecule has 2 unspecified atom stereocenters. The van der Waals surface area contributed by atoms with E-state index < -0.39 is 0 Å². The van der Waals surface area contributed by atoms with E-state index in [0.29, 0.717) is 6.04 Å². The zero-order valence-electron chi connectivity index (χ0n) is 10.9. The van der Waals surface area contributed by atoms with Gasteiger partial charge in [0.2, 0.25) is 0 Å². The van der Waals surface area contributed by atoms with Crippen molar-refractivity contribution >= 4 is 0 Å². The Bertz CT molecular complexity index is 362. The molecule has 0 saturated carbocycles. The quantitative estimate of drug-likeness (QED) is 0.700. The van der Waals surface area contributed by atoms with Gasteiger partial charge in [0, 0.05) is 6.04 Å². The summed E-state index contributed by atoms with van der Waals surface area (Å²) in [4.78, 5) is 0. The molecule has 1 N–H and O–H groups in total. The zero-order chi connectivity index (χ0) is 11.8. The Labute approximate surface area is 99.3 Å². The van der Waals surface area contributed by atoms with E-state index in [9.17, 15) is 0 Å². The first-order chi connectivity index (χ1) is 7.48. The van der Waals surface area contributed by atoms with Gasteiger partial charge in [0.1, 0.15) is 0 Å². The first-order valence-electron chi connectivity index (χ1n) is 6.29. The van der Waals surface area contributed by atoms with Crippen LogP contribution in [-0.2, 0) is 6.42 Å². The van der Waals surface area contributed by atoms with Crippen LogP contribution >= 0.6 is 0 Å². The van der Waals surface area contributed by atoms with Crippen LogP contribution in [0, 0.1) is 11.3 Å². The van der Waals surface area contributed by atoms with Crippen LogP contribution in [0.4, 0.5) is 0 Å². The van der Waals surface area contributed by atoms with Crippen LogP contribution in [0.3, 0.4) is 0 Å². The van der Waals surface area contributed by atoms with Crippen molar-refractivity contribution in [2.75, 3.05) is 6.54 Å². The first-order valence-corrected chi connectivity index (χ1v) is 6.29. The average Bonchev–Trinajstić information content (AvgIpc) is 2.34. The maximum Gasteiger partial charge on any atom is 0.0372 e. The normalized spacial score (nSPS) is 26.0. The molecule has 0 spiro atoms. The lowest BCUT2D eigenvalue weighted by molar-refractivity contribution is 0.269. The number of nitrogens with one attached hydrogen (secondary N) is 1.